The topological polar surface area (TPSA) is 53.7 Å². The molecule has 2 aromatic carbocycles. The van der Waals surface area contributed by atoms with Gasteiger partial charge in [-0.3, -0.25) is 4.99 Å². The maximum atomic E-state index is 13.3. The molecule has 1 heterocycles. The molecule has 0 amide bonds. The third-order valence-electron chi connectivity index (χ3n) is 4.19. The Morgan fingerprint density at radius 1 is 1.14 bits per heavy atom. The molecule has 3 aromatic rings. The van der Waals surface area contributed by atoms with Crippen LogP contribution in [-0.4, -0.2) is 36.5 Å². The maximum Gasteiger partial charge on any atom is 0.226 e. The lowest BCUT2D eigenvalue weighted by molar-refractivity contribution is 0.475. The van der Waals surface area contributed by atoms with Crippen LogP contribution >= 0.6 is 24.0 Å². The van der Waals surface area contributed by atoms with E-state index in [1.165, 1.54) is 24.3 Å². The van der Waals surface area contributed by atoms with Gasteiger partial charge in [0.15, 0.2) is 5.96 Å². The molecule has 0 bridgehead atoms. The van der Waals surface area contributed by atoms with Crippen molar-refractivity contribution in [3.63, 3.8) is 0 Å². The summed E-state index contributed by atoms with van der Waals surface area (Å²) in [5.41, 5.74) is 2.38. The van der Waals surface area contributed by atoms with E-state index in [1.54, 1.807) is 31.5 Å². The van der Waals surface area contributed by atoms with Crippen molar-refractivity contribution in [2.24, 2.45) is 4.99 Å². The van der Waals surface area contributed by atoms with Crippen LogP contribution in [0.25, 0.3) is 11.5 Å². The van der Waals surface area contributed by atoms with Gasteiger partial charge < -0.3 is 14.6 Å². The summed E-state index contributed by atoms with van der Waals surface area (Å²) in [5, 5.41) is 3.26. The first-order valence-electron chi connectivity index (χ1n) is 8.91. The van der Waals surface area contributed by atoms with Crippen molar-refractivity contribution >= 4 is 29.9 Å². The van der Waals surface area contributed by atoms with Crippen LogP contribution in [0.3, 0.4) is 0 Å². The van der Waals surface area contributed by atoms with Gasteiger partial charge in [0.05, 0.1) is 5.69 Å². The van der Waals surface area contributed by atoms with Crippen LogP contribution in [0.4, 0.5) is 8.78 Å². The number of hydrogen-bond acceptors (Lipinski definition) is 3. The largest absolute Gasteiger partial charge is 0.444 e. The molecule has 0 radical (unpaired) electrons. The van der Waals surface area contributed by atoms with Crippen molar-refractivity contribution in [1.29, 1.82) is 0 Å². The molecule has 3 rings (SSSR count). The summed E-state index contributed by atoms with van der Waals surface area (Å²) < 4.78 is 31.8. The van der Waals surface area contributed by atoms with Gasteiger partial charge in [0, 0.05) is 39.2 Å². The van der Waals surface area contributed by atoms with Gasteiger partial charge in [0.1, 0.15) is 17.9 Å². The number of halogens is 3. The Balaban J connectivity index is 0.00000300. The fourth-order valence-corrected chi connectivity index (χ4v) is 2.82. The highest BCUT2D eigenvalue weighted by molar-refractivity contribution is 14.0. The lowest BCUT2D eigenvalue weighted by atomic mass is 10.2. The predicted molar refractivity (Wildman–Crippen MR) is 120 cm³/mol. The standard InChI is InChI=1S/C21H22F2N4O.HI/c1-24-21(27(2)13-15-4-3-5-18(23)12-15)25-11-10-19-14-28-20(26-19)16-6-8-17(22)9-7-16;/h3-9,12,14H,10-11,13H2,1-2H3,(H,24,25);1H. The second-order valence-electron chi connectivity index (χ2n) is 6.36. The molecule has 0 saturated heterocycles. The first-order valence-corrected chi connectivity index (χ1v) is 8.91. The lowest BCUT2D eigenvalue weighted by Crippen LogP contribution is -2.39. The minimum atomic E-state index is -0.298. The second kappa shape index (κ2) is 10.9. The van der Waals surface area contributed by atoms with Crippen molar-refractivity contribution in [3.8, 4) is 11.5 Å². The Bertz CT molecular complexity index is 944. The van der Waals surface area contributed by atoms with Gasteiger partial charge in [-0.15, -0.1) is 24.0 Å². The fourth-order valence-electron chi connectivity index (χ4n) is 2.82. The Morgan fingerprint density at radius 2 is 1.90 bits per heavy atom. The van der Waals surface area contributed by atoms with Crippen molar-refractivity contribution in [2.45, 2.75) is 13.0 Å². The third kappa shape index (κ3) is 6.52. The van der Waals surface area contributed by atoms with Crippen LogP contribution in [0.1, 0.15) is 11.3 Å². The van der Waals surface area contributed by atoms with Crippen LogP contribution in [0.2, 0.25) is 0 Å². The monoisotopic (exact) mass is 512 g/mol. The van der Waals surface area contributed by atoms with E-state index in [2.05, 4.69) is 15.3 Å². The van der Waals surface area contributed by atoms with E-state index in [-0.39, 0.29) is 35.6 Å². The molecule has 0 saturated carbocycles. The number of nitrogens with one attached hydrogen (secondary N) is 1. The number of oxazole rings is 1. The first-order chi connectivity index (χ1) is 13.5. The van der Waals surface area contributed by atoms with Crippen LogP contribution in [0.15, 0.2) is 64.2 Å². The summed E-state index contributed by atoms with van der Waals surface area (Å²) in [6.07, 6.45) is 2.23. The van der Waals surface area contributed by atoms with Crippen LogP contribution in [0.5, 0.6) is 0 Å². The molecule has 1 N–H and O–H groups in total. The molecule has 1 aromatic heterocycles. The van der Waals surface area contributed by atoms with E-state index in [0.717, 1.165) is 16.8 Å². The SMILES string of the molecule is CN=C(NCCc1coc(-c2ccc(F)cc2)n1)N(C)Cc1cccc(F)c1.I. The van der Waals surface area contributed by atoms with E-state index < -0.39 is 0 Å². The Labute approximate surface area is 185 Å². The second-order valence-corrected chi connectivity index (χ2v) is 6.36. The quantitative estimate of drug-likeness (QED) is 0.301. The van der Waals surface area contributed by atoms with Gasteiger partial charge in [-0.05, 0) is 42.0 Å². The molecule has 0 aliphatic heterocycles. The minimum Gasteiger partial charge on any atom is -0.444 e. The van der Waals surface area contributed by atoms with E-state index in [9.17, 15) is 8.78 Å². The normalized spacial score (nSPS) is 11.1. The summed E-state index contributed by atoms with van der Waals surface area (Å²) in [6.45, 7) is 1.14. The summed E-state index contributed by atoms with van der Waals surface area (Å²) >= 11 is 0. The van der Waals surface area contributed by atoms with Gasteiger partial charge in [-0.1, -0.05) is 12.1 Å². The van der Waals surface area contributed by atoms with Crippen LogP contribution in [0, 0.1) is 11.6 Å². The highest BCUT2D eigenvalue weighted by Crippen LogP contribution is 2.19. The molecule has 29 heavy (non-hydrogen) atoms. The molecule has 0 atom stereocenters. The Morgan fingerprint density at radius 3 is 2.59 bits per heavy atom. The molecule has 8 heteroatoms. The number of nitrogens with zero attached hydrogens (tertiary/aromatic N) is 3. The summed E-state index contributed by atoms with van der Waals surface area (Å²) in [6, 6.07) is 12.5. The van der Waals surface area contributed by atoms with Gasteiger partial charge in [-0.2, -0.15) is 0 Å². The molecular weight excluding hydrogens is 489 g/mol. The smallest absolute Gasteiger partial charge is 0.226 e. The highest BCUT2D eigenvalue weighted by Gasteiger charge is 2.09. The van der Waals surface area contributed by atoms with Gasteiger partial charge in [-0.25, -0.2) is 13.8 Å². The van der Waals surface area contributed by atoms with E-state index in [4.69, 9.17) is 4.42 Å². The van der Waals surface area contributed by atoms with Crippen molar-refractivity contribution in [3.05, 3.63) is 77.7 Å². The van der Waals surface area contributed by atoms with Crippen LogP contribution in [-0.2, 0) is 13.0 Å². The number of rotatable bonds is 6. The Hall–Kier alpha value is -2.49. The lowest BCUT2D eigenvalue weighted by Gasteiger charge is -2.22. The summed E-state index contributed by atoms with van der Waals surface area (Å²) in [5.74, 6) is 0.611. The zero-order valence-corrected chi connectivity index (χ0v) is 18.6. The number of hydrogen-bond donors (Lipinski definition) is 1. The van der Waals surface area contributed by atoms with Crippen LogP contribution < -0.4 is 5.32 Å². The van der Waals surface area contributed by atoms with Gasteiger partial charge >= 0.3 is 0 Å². The summed E-state index contributed by atoms with van der Waals surface area (Å²) in [4.78, 5) is 10.6. The molecule has 154 valence electrons. The molecule has 0 aliphatic rings. The third-order valence-corrected chi connectivity index (χ3v) is 4.19. The maximum absolute atomic E-state index is 13.3. The number of aliphatic imine (C=N–C) groups is 1. The zero-order valence-electron chi connectivity index (χ0n) is 16.2. The average molecular weight is 512 g/mol. The molecule has 0 spiro atoms. The molecule has 0 unspecified atom stereocenters. The molecule has 0 aliphatic carbocycles. The first kappa shape index (κ1) is 22.8. The zero-order chi connectivity index (χ0) is 19.9. The number of benzene rings is 2. The molecular formula is C21H23F2IN4O. The van der Waals surface area contributed by atoms with Gasteiger partial charge in [0.2, 0.25) is 5.89 Å². The van der Waals surface area contributed by atoms with Gasteiger partial charge in [0.25, 0.3) is 0 Å². The highest BCUT2D eigenvalue weighted by atomic mass is 127. The molecule has 0 fully saturated rings. The van der Waals surface area contributed by atoms with Crippen molar-refractivity contribution in [2.75, 3.05) is 20.6 Å². The van der Waals surface area contributed by atoms with Crippen molar-refractivity contribution in [1.82, 2.24) is 15.2 Å². The summed E-state index contributed by atoms with van der Waals surface area (Å²) in [7, 11) is 3.59. The molecule has 5 nitrogen and oxygen atoms in total. The van der Waals surface area contributed by atoms with Crippen molar-refractivity contribution < 1.29 is 13.2 Å². The minimum absolute atomic E-state index is 0. The number of aromatic nitrogens is 1. The number of guanidine groups is 1. The van der Waals surface area contributed by atoms with E-state index >= 15 is 0 Å². The van der Waals surface area contributed by atoms with E-state index in [1.807, 2.05) is 18.0 Å². The fraction of sp³-hybridized carbons (Fsp3) is 0.238. The predicted octanol–water partition coefficient (Wildman–Crippen LogP) is 4.49. The average Bonchev–Trinajstić information content (AvgIpc) is 3.14. The van der Waals surface area contributed by atoms with E-state index in [0.29, 0.717) is 31.4 Å². The Kier molecular flexibility index (Phi) is 8.56.